The van der Waals surface area contributed by atoms with Gasteiger partial charge in [0.15, 0.2) is 0 Å². The first-order chi connectivity index (χ1) is 11.1. The van der Waals surface area contributed by atoms with Gasteiger partial charge in [-0.05, 0) is 25.5 Å². The fraction of sp³-hybridized carbons (Fsp3) is 0.312. The quantitative estimate of drug-likeness (QED) is 0.250. The number of anilines is 1. The second-order valence-corrected chi connectivity index (χ2v) is 4.76. The summed E-state index contributed by atoms with van der Waals surface area (Å²) >= 11 is 5.53. The van der Waals surface area contributed by atoms with E-state index in [1.807, 2.05) is 6.07 Å². The molecule has 0 saturated carbocycles. The van der Waals surface area contributed by atoms with Crippen LogP contribution in [-0.2, 0) is 9.53 Å². The third-order valence-electron chi connectivity index (χ3n) is 2.76. The summed E-state index contributed by atoms with van der Waals surface area (Å²) in [6, 6.07) is 8.49. The predicted octanol–water partition coefficient (Wildman–Crippen LogP) is 2.43. The first kappa shape index (κ1) is 18.5. The number of para-hydroxylation sites is 1. The minimum atomic E-state index is -0.501. The third-order valence-corrected chi connectivity index (χ3v) is 3.02. The number of esters is 1. The summed E-state index contributed by atoms with van der Waals surface area (Å²) in [5.74, 6) is -0.551. The molecule has 0 unspecified atom stereocenters. The van der Waals surface area contributed by atoms with E-state index in [0.29, 0.717) is 30.1 Å². The Morgan fingerprint density at radius 2 is 2.13 bits per heavy atom. The van der Waals surface area contributed by atoms with Crippen LogP contribution in [0.2, 0.25) is 0 Å². The second-order valence-electron chi connectivity index (χ2n) is 4.38. The number of carbonyl (C=O) groups excluding carboxylic acids is 2. The summed E-state index contributed by atoms with van der Waals surface area (Å²) in [6.45, 7) is 2.36. The Bertz CT molecular complexity index is 623. The van der Waals surface area contributed by atoms with E-state index in [-0.39, 0.29) is 12.2 Å². The molecule has 0 spiro atoms. The van der Waals surface area contributed by atoms with Crippen LogP contribution in [0, 0.1) is 11.3 Å². The first-order valence-electron chi connectivity index (χ1n) is 7.11. The topological polar surface area (TPSA) is 91.2 Å². The number of carbonyl (C=O) groups is 2. The molecule has 0 aliphatic carbocycles. The van der Waals surface area contributed by atoms with Crippen molar-refractivity contribution >= 4 is 29.2 Å². The van der Waals surface area contributed by atoms with E-state index in [1.54, 1.807) is 31.2 Å². The molecule has 1 aromatic rings. The third kappa shape index (κ3) is 6.01. The zero-order valence-corrected chi connectivity index (χ0v) is 13.5. The average Bonchev–Trinajstić information content (AvgIpc) is 2.56. The van der Waals surface area contributed by atoms with Gasteiger partial charge in [-0.1, -0.05) is 12.1 Å². The Labute approximate surface area is 140 Å². The molecule has 0 saturated heterocycles. The Kier molecular flexibility index (Phi) is 8.25. The molecule has 2 N–H and O–H groups in total. The first-order valence-corrected chi connectivity index (χ1v) is 7.64. The molecule has 0 aliphatic heterocycles. The van der Waals surface area contributed by atoms with Crippen molar-refractivity contribution in [2.75, 3.05) is 24.3 Å². The SMILES string of the molecule is CCOC(=O)c1ccccc1N/C=C(/C#N)C(=O)NCCCCl. The van der Waals surface area contributed by atoms with Gasteiger partial charge >= 0.3 is 5.97 Å². The summed E-state index contributed by atoms with van der Waals surface area (Å²) in [5, 5.41) is 14.4. The molecule has 1 aromatic carbocycles. The number of nitrogens with zero attached hydrogens (tertiary/aromatic N) is 1. The van der Waals surface area contributed by atoms with Crippen LogP contribution in [0.5, 0.6) is 0 Å². The van der Waals surface area contributed by atoms with Gasteiger partial charge in [0, 0.05) is 18.6 Å². The molecule has 0 aromatic heterocycles. The Hall–Kier alpha value is -2.52. The largest absolute Gasteiger partial charge is 0.462 e. The normalized spacial score (nSPS) is 10.6. The van der Waals surface area contributed by atoms with Crippen molar-refractivity contribution in [2.45, 2.75) is 13.3 Å². The summed E-state index contributed by atoms with van der Waals surface area (Å²) in [7, 11) is 0. The molecule has 0 fully saturated rings. The summed E-state index contributed by atoms with van der Waals surface area (Å²) in [4.78, 5) is 23.7. The van der Waals surface area contributed by atoms with Crippen LogP contribution in [-0.4, -0.2) is 30.9 Å². The molecule has 6 nitrogen and oxygen atoms in total. The van der Waals surface area contributed by atoms with Crippen molar-refractivity contribution in [3.63, 3.8) is 0 Å². The van der Waals surface area contributed by atoms with Crippen molar-refractivity contribution in [2.24, 2.45) is 0 Å². The van der Waals surface area contributed by atoms with Crippen LogP contribution in [0.15, 0.2) is 36.0 Å². The van der Waals surface area contributed by atoms with Gasteiger partial charge in [0.05, 0.1) is 17.9 Å². The van der Waals surface area contributed by atoms with Crippen molar-refractivity contribution in [3.05, 3.63) is 41.6 Å². The average molecular weight is 336 g/mol. The number of alkyl halides is 1. The molecule has 7 heteroatoms. The lowest BCUT2D eigenvalue weighted by atomic mass is 10.2. The number of ether oxygens (including phenoxy) is 1. The molecule has 1 amide bonds. The number of amides is 1. The maximum absolute atomic E-state index is 11.8. The maximum atomic E-state index is 11.8. The highest BCUT2D eigenvalue weighted by molar-refractivity contribution is 6.17. The van der Waals surface area contributed by atoms with Crippen LogP contribution < -0.4 is 10.6 Å². The molecule has 0 radical (unpaired) electrons. The number of hydrogen-bond donors (Lipinski definition) is 2. The zero-order valence-electron chi connectivity index (χ0n) is 12.8. The van der Waals surface area contributed by atoms with Crippen LogP contribution in [0.3, 0.4) is 0 Å². The van der Waals surface area contributed by atoms with E-state index in [0.717, 1.165) is 0 Å². The summed E-state index contributed by atoms with van der Waals surface area (Å²) < 4.78 is 4.96. The molecule has 122 valence electrons. The highest BCUT2D eigenvalue weighted by atomic mass is 35.5. The Morgan fingerprint density at radius 1 is 1.39 bits per heavy atom. The van der Waals surface area contributed by atoms with Crippen LogP contribution in [0.4, 0.5) is 5.69 Å². The number of nitrogens with one attached hydrogen (secondary N) is 2. The fourth-order valence-corrected chi connectivity index (χ4v) is 1.79. The lowest BCUT2D eigenvalue weighted by Crippen LogP contribution is -2.26. The van der Waals surface area contributed by atoms with Gasteiger partial charge < -0.3 is 15.4 Å². The molecule has 0 aliphatic rings. The van der Waals surface area contributed by atoms with E-state index < -0.39 is 11.9 Å². The van der Waals surface area contributed by atoms with Gasteiger partial charge in [-0.3, -0.25) is 4.79 Å². The molecule has 1 rings (SSSR count). The summed E-state index contributed by atoms with van der Waals surface area (Å²) in [6.07, 6.45) is 1.87. The van der Waals surface area contributed by atoms with E-state index in [1.165, 1.54) is 6.20 Å². The van der Waals surface area contributed by atoms with E-state index in [4.69, 9.17) is 21.6 Å². The monoisotopic (exact) mass is 335 g/mol. The number of nitriles is 1. The minimum Gasteiger partial charge on any atom is -0.462 e. The number of halogens is 1. The Morgan fingerprint density at radius 3 is 2.78 bits per heavy atom. The highest BCUT2D eigenvalue weighted by Gasteiger charge is 2.12. The van der Waals surface area contributed by atoms with Gasteiger partial charge in [0.25, 0.3) is 5.91 Å². The van der Waals surface area contributed by atoms with Crippen molar-refractivity contribution in [3.8, 4) is 6.07 Å². The van der Waals surface area contributed by atoms with Crippen molar-refractivity contribution in [1.82, 2.24) is 5.32 Å². The molecule has 0 bridgehead atoms. The number of hydrogen-bond acceptors (Lipinski definition) is 5. The van der Waals surface area contributed by atoms with Crippen molar-refractivity contribution < 1.29 is 14.3 Å². The summed E-state index contributed by atoms with van der Waals surface area (Å²) in [5.41, 5.74) is 0.677. The Balaban J connectivity index is 2.84. The lowest BCUT2D eigenvalue weighted by molar-refractivity contribution is -0.117. The smallest absolute Gasteiger partial charge is 0.340 e. The number of rotatable bonds is 8. The highest BCUT2D eigenvalue weighted by Crippen LogP contribution is 2.16. The molecule has 0 atom stereocenters. The van der Waals surface area contributed by atoms with Gasteiger partial charge in [-0.2, -0.15) is 5.26 Å². The van der Waals surface area contributed by atoms with Gasteiger partial charge in [-0.15, -0.1) is 11.6 Å². The molecule has 23 heavy (non-hydrogen) atoms. The van der Waals surface area contributed by atoms with E-state index in [2.05, 4.69) is 10.6 Å². The van der Waals surface area contributed by atoms with Gasteiger partial charge in [-0.25, -0.2) is 4.79 Å². The van der Waals surface area contributed by atoms with Crippen LogP contribution in [0.25, 0.3) is 0 Å². The number of benzene rings is 1. The minimum absolute atomic E-state index is 0.0989. The van der Waals surface area contributed by atoms with Gasteiger partial charge in [0.2, 0.25) is 0 Å². The van der Waals surface area contributed by atoms with E-state index in [9.17, 15) is 9.59 Å². The zero-order chi connectivity index (χ0) is 17.1. The standard InChI is InChI=1S/C16H18ClN3O3/c1-2-23-16(22)13-6-3-4-7-14(13)20-11-12(10-18)15(21)19-9-5-8-17/h3-4,6-7,11,20H,2,5,8-9H2,1H3,(H,19,21)/b12-11-. The lowest BCUT2D eigenvalue weighted by Gasteiger charge is -2.09. The molecular formula is C16H18ClN3O3. The van der Waals surface area contributed by atoms with Crippen molar-refractivity contribution in [1.29, 1.82) is 5.26 Å². The fourth-order valence-electron chi connectivity index (χ4n) is 1.66. The second kappa shape index (κ2) is 10.2. The predicted molar refractivity (Wildman–Crippen MR) is 88.1 cm³/mol. The van der Waals surface area contributed by atoms with Gasteiger partial charge in [0.1, 0.15) is 11.6 Å². The van der Waals surface area contributed by atoms with E-state index >= 15 is 0 Å². The molecular weight excluding hydrogens is 318 g/mol. The van der Waals surface area contributed by atoms with Crippen LogP contribution in [0.1, 0.15) is 23.7 Å². The molecule has 0 heterocycles. The van der Waals surface area contributed by atoms with Crippen LogP contribution >= 0.6 is 11.6 Å². The maximum Gasteiger partial charge on any atom is 0.340 e.